The zero-order chi connectivity index (χ0) is 15.9. The van der Waals surface area contributed by atoms with E-state index in [-0.39, 0.29) is 36.1 Å². The van der Waals surface area contributed by atoms with Gasteiger partial charge in [0.25, 0.3) is 10.2 Å². The Morgan fingerprint density at radius 2 is 1.95 bits per heavy atom. The molecule has 0 saturated heterocycles. The van der Waals surface area contributed by atoms with Crippen LogP contribution in [-0.2, 0) is 16.8 Å². The molecular weight excluding hydrogens is 352 g/mol. The minimum atomic E-state index is -3.66. The molecule has 22 heavy (non-hydrogen) atoms. The van der Waals surface area contributed by atoms with Gasteiger partial charge >= 0.3 is 0 Å². The Kier molecular flexibility index (Phi) is 10.1. The number of hydrogen-bond donors (Lipinski definition) is 2. The normalized spacial score (nSPS) is 11.5. The first-order valence-electron chi connectivity index (χ1n) is 6.73. The maximum Gasteiger partial charge on any atom is 0.279 e. The third-order valence-electron chi connectivity index (χ3n) is 2.87. The van der Waals surface area contributed by atoms with Crippen LogP contribution in [0.25, 0.3) is 0 Å². The van der Waals surface area contributed by atoms with Crippen molar-refractivity contribution in [2.75, 3.05) is 26.7 Å². The van der Waals surface area contributed by atoms with E-state index < -0.39 is 16.0 Å². The van der Waals surface area contributed by atoms with E-state index in [1.54, 1.807) is 0 Å². The lowest BCUT2D eigenvalue weighted by Gasteiger charge is -2.18. The molecule has 0 spiro atoms. The molecule has 1 rings (SSSR count). The summed E-state index contributed by atoms with van der Waals surface area (Å²) < 4.78 is 41.2. The first kappa shape index (κ1) is 21.6. The molecule has 0 amide bonds. The molecule has 0 aliphatic carbocycles. The summed E-state index contributed by atoms with van der Waals surface area (Å²) in [6.45, 7) is 3.56. The van der Waals surface area contributed by atoms with Crippen molar-refractivity contribution >= 4 is 34.2 Å². The molecule has 0 unspecified atom stereocenters. The SMILES string of the molecule is CCCNCCNS(=O)(=O)N(C)Cc1c(F)cccc1Cl.Cl. The van der Waals surface area contributed by atoms with E-state index in [1.165, 1.54) is 25.2 Å². The fourth-order valence-electron chi connectivity index (χ4n) is 1.67. The van der Waals surface area contributed by atoms with Crippen LogP contribution in [-0.4, -0.2) is 39.4 Å². The van der Waals surface area contributed by atoms with Crippen LogP contribution in [0, 0.1) is 5.82 Å². The lowest BCUT2D eigenvalue weighted by Crippen LogP contribution is -2.41. The van der Waals surface area contributed by atoms with Crippen molar-refractivity contribution in [1.29, 1.82) is 0 Å². The van der Waals surface area contributed by atoms with E-state index >= 15 is 0 Å². The number of nitrogens with zero attached hydrogens (tertiary/aromatic N) is 1. The summed E-state index contributed by atoms with van der Waals surface area (Å²) >= 11 is 5.89. The highest BCUT2D eigenvalue weighted by atomic mass is 35.5. The Labute approximate surface area is 142 Å². The Hall–Kier alpha value is -0.440. The van der Waals surface area contributed by atoms with Gasteiger partial charge in [0.2, 0.25) is 0 Å². The predicted molar refractivity (Wildman–Crippen MR) is 90.2 cm³/mol. The summed E-state index contributed by atoms with van der Waals surface area (Å²) in [4.78, 5) is 0. The maximum atomic E-state index is 13.7. The molecule has 0 fully saturated rings. The van der Waals surface area contributed by atoms with E-state index in [4.69, 9.17) is 11.6 Å². The van der Waals surface area contributed by atoms with Gasteiger partial charge in [0.15, 0.2) is 0 Å². The van der Waals surface area contributed by atoms with E-state index in [2.05, 4.69) is 10.0 Å². The lowest BCUT2D eigenvalue weighted by atomic mass is 10.2. The molecule has 5 nitrogen and oxygen atoms in total. The largest absolute Gasteiger partial charge is 0.315 e. The van der Waals surface area contributed by atoms with Crippen molar-refractivity contribution in [3.05, 3.63) is 34.6 Å². The maximum absolute atomic E-state index is 13.7. The third kappa shape index (κ3) is 6.76. The van der Waals surface area contributed by atoms with Crippen LogP contribution in [0.1, 0.15) is 18.9 Å². The zero-order valence-electron chi connectivity index (χ0n) is 12.6. The minimum Gasteiger partial charge on any atom is -0.315 e. The average Bonchev–Trinajstić information content (AvgIpc) is 2.42. The molecule has 0 aliphatic heterocycles. The van der Waals surface area contributed by atoms with Gasteiger partial charge in [-0.2, -0.15) is 12.7 Å². The summed E-state index contributed by atoms with van der Waals surface area (Å²) in [6, 6.07) is 4.26. The van der Waals surface area contributed by atoms with Crippen LogP contribution in [0.4, 0.5) is 4.39 Å². The molecule has 0 heterocycles. The van der Waals surface area contributed by atoms with Crippen molar-refractivity contribution in [3.63, 3.8) is 0 Å². The Balaban J connectivity index is 0.00000441. The highest BCUT2D eigenvalue weighted by Crippen LogP contribution is 2.20. The fraction of sp³-hybridized carbons (Fsp3) is 0.538. The van der Waals surface area contributed by atoms with E-state index in [9.17, 15) is 12.8 Å². The van der Waals surface area contributed by atoms with Crippen molar-refractivity contribution in [2.24, 2.45) is 0 Å². The predicted octanol–water partition coefficient (Wildman–Crippen LogP) is 2.17. The van der Waals surface area contributed by atoms with Gasteiger partial charge in [0.1, 0.15) is 5.82 Å². The molecule has 1 aromatic rings. The summed E-state index contributed by atoms with van der Waals surface area (Å²) in [5, 5.41) is 3.30. The van der Waals surface area contributed by atoms with Gasteiger partial charge in [0, 0.05) is 37.3 Å². The Morgan fingerprint density at radius 1 is 1.27 bits per heavy atom. The molecule has 128 valence electrons. The fourth-order valence-corrected chi connectivity index (χ4v) is 2.77. The topological polar surface area (TPSA) is 61.4 Å². The molecule has 0 saturated carbocycles. The zero-order valence-corrected chi connectivity index (χ0v) is 15.0. The highest BCUT2D eigenvalue weighted by Gasteiger charge is 2.19. The van der Waals surface area contributed by atoms with E-state index in [0.29, 0.717) is 6.54 Å². The van der Waals surface area contributed by atoms with Crippen LogP contribution in [0.3, 0.4) is 0 Å². The van der Waals surface area contributed by atoms with Crippen LogP contribution < -0.4 is 10.0 Å². The van der Waals surface area contributed by atoms with Gasteiger partial charge in [-0.05, 0) is 25.1 Å². The van der Waals surface area contributed by atoms with Gasteiger partial charge in [-0.15, -0.1) is 12.4 Å². The van der Waals surface area contributed by atoms with Crippen molar-refractivity contribution in [1.82, 2.24) is 14.3 Å². The number of halogens is 3. The van der Waals surface area contributed by atoms with Gasteiger partial charge < -0.3 is 5.32 Å². The highest BCUT2D eigenvalue weighted by molar-refractivity contribution is 7.87. The second-order valence-corrected chi connectivity index (χ2v) is 6.87. The standard InChI is InChI=1S/C13H21ClFN3O2S.ClH/c1-3-7-16-8-9-17-21(19,20)18(2)10-11-12(14)5-4-6-13(11)15;/h4-6,16-17H,3,7-10H2,1-2H3;1H. The molecular formula is C13H22Cl2FN3O2S. The quantitative estimate of drug-likeness (QED) is 0.652. The monoisotopic (exact) mass is 373 g/mol. The summed E-state index contributed by atoms with van der Waals surface area (Å²) in [5.41, 5.74) is 0.163. The molecule has 0 bridgehead atoms. The number of benzene rings is 1. The Bertz CT molecular complexity index is 538. The van der Waals surface area contributed by atoms with Gasteiger partial charge in [-0.25, -0.2) is 9.11 Å². The number of nitrogens with one attached hydrogen (secondary N) is 2. The molecule has 2 N–H and O–H groups in total. The van der Waals surface area contributed by atoms with Crippen molar-refractivity contribution in [2.45, 2.75) is 19.9 Å². The van der Waals surface area contributed by atoms with Gasteiger partial charge in [-0.3, -0.25) is 0 Å². The first-order valence-corrected chi connectivity index (χ1v) is 8.54. The average molecular weight is 374 g/mol. The first-order chi connectivity index (χ1) is 9.88. The number of hydrogen-bond acceptors (Lipinski definition) is 3. The summed E-state index contributed by atoms with van der Waals surface area (Å²) in [7, 11) is -2.28. The minimum absolute atomic E-state index is 0. The second-order valence-electron chi connectivity index (χ2n) is 4.61. The van der Waals surface area contributed by atoms with Crippen LogP contribution in [0.2, 0.25) is 5.02 Å². The molecule has 0 aromatic heterocycles. The number of rotatable bonds is 9. The molecule has 0 atom stereocenters. The van der Waals surface area contributed by atoms with Gasteiger partial charge in [-0.1, -0.05) is 24.6 Å². The second kappa shape index (κ2) is 10.4. The van der Waals surface area contributed by atoms with Crippen molar-refractivity contribution < 1.29 is 12.8 Å². The van der Waals surface area contributed by atoms with E-state index in [0.717, 1.165) is 17.3 Å². The molecule has 9 heteroatoms. The smallest absolute Gasteiger partial charge is 0.279 e. The molecule has 0 radical (unpaired) electrons. The van der Waals surface area contributed by atoms with Crippen LogP contribution in [0.15, 0.2) is 18.2 Å². The van der Waals surface area contributed by atoms with E-state index in [1.807, 2.05) is 6.92 Å². The third-order valence-corrected chi connectivity index (χ3v) is 4.74. The molecule has 0 aliphatic rings. The van der Waals surface area contributed by atoms with Crippen molar-refractivity contribution in [3.8, 4) is 0 Å². The lowest BCUT2D eigenvalue weighted by molar-refractivity contribution is 0.445. The van der Waals surface area contributed by atoms with Crippen LogP contribution in [0.5, 0.6) is 0 Å². The van der Waals surface area contributed by atoms with Gasteiger partial charge in [0.05, 0.1) is 0 Å². The molecule has 1 aromatic carbocycles. The summed E-state index contributed by atoms with van der Waals surface area (Å²) in [6.07, 6.45) is 0.985. The summed E-state index contributed by atoms with van der Waals surface area (Å²) in [5.74, 6) is -0.519. The Morgan fingerprint density at radius 3 is 2.55 bits per heavy atom. The van der Waals surface area contributed by atoms with Crippen LogP contribution >= 0.6 is 24.0 Å².